The first kappa shape index (κ1) is 19.9. The first-order valence-electron chi connectivity index (χ1n) is 10.3. The van der Waals surface area contributed by atoms with Gasteiger partial charge in [0.1, 0.15) is 0 Å². The number of halogens is 1. The first-order chi connectivity index (χ1) is 14.1. The van der Waals surface area contributed by atoms with E-state index in [1.165, 1.54) is 0 Å². The maximum absolute atomic E-state index is 12.4. The summed E-state index contributed by atoms with van der Waals surface area (Å²) in [6, 6.07) is 15.2. The van der Waals surface area contributed by atoms with Crippen molar-refractivity contribution in [2.24, 2.45) is 5.92 Å². The summed E-state index contributed by atoms with van der Waals surface area (Å²) in [5, 5.41) is 6.68. The Bertz CT molecular complexity index is 872. The number of hydrogen-bond acceptors (Lipinski definition) is 3. The lowest BCUT2D eigenvalue weighted by Gasteiger charge is -2.31. The summed E-state index contributed by atoms with van der Waals surface area (Å²) in [6.07, 6.45) is 4.09. The van der Waals surface area contributed by atoms with Crippen molar-refractivity contribution < 1.29 is 9.59 Å². The molecule has 4 rings (SSSR count). The molecule has 0 atom stereocenters. The van der Waals surface area contributed by atoms with Crippen LogP contribution in [-0.2, 0) is 11.3 Å². The first-order valence-corrected chi connectivity index (χ1v) is 10.6. The quantitative estimate of drug-likeness (QED) is 0.752. The Balaban J connectivity index is 1.29. The SMILES string of the molecule is O=C(Nc1cccc(CN2CCC(C(=O)NC3CC3)CC2)c1)c1ccc(Cl)cc1. The number of anilines is 1. The number of likely N-dealkylation sites (tertiary alicyclic amines) is 1. The third-order valence-electron chi connectivity index (χ3n) is 5.58. The van der Waals surface area contributed by atoms with Crippen molar-refractivity contribution >= 4 is 29.1 Å². The van der Waals surface area contributed by atoms with Gasteiger partial charge in [0.05, 0.1) is 0 Å². The second-order valence-electron chi connectivity index (χ2n) is 7.99. The molecule has 2 aromatic rings. The maximum Gasteiger partial charge on any atom is 0.255 e. The fraction of sp³-hybridized carbons (Fsp3) is 0.391. The van der Waals surface area contributed by atoms with E-state index >= 15 is 0 Å². The molecule has 29 heavy (non-hydrogen) atoms. The zero-order chi connectivity index (χ0) is 20.2. The van der Waals surface area contributed by atoms with Crippen LogP contribution in [0.3, 0.4) is 0 Å². The normalized spacial score (nSPS) is 17.7. The van der Waals surface area contributed by atoms with Gasteiger partial charge >= 0.3 is 0 Å². The highest BCUT2D eigenvalue weighted by Crippen LogP contribution is 2.24. The van der Waals surface area contributed by atoms with Gasteiger partial charge in [-0.05, 0) is 80.7 Å². The van der Waals surface area contributed by atoms with Crippen LogP contribution in [0.4, 0.5) is 5.69 Å². The number of benzene rings is 2. The molecule has 152 valence electrons. The van der Waals surface area contributed by atoms with Gasteiger partial charge in [0.25, 0.3) is 5.91 Å². The molecule has 1 saturated carbocycles. The summed E-state index contributed by atoms with van der Waals surface area (Å²) in [7, 11) is 0. The van der Waals surface area contributed by atoms with Crippen molar-refractivity contribution in [2.75, 3.05) is 18.4 Å². The fourth-order valence-corrected chi connectivity index (χ4v) is 3.84. The van der Waals surface area contributed by atoms with Crippen LogP contribution >= 0.6 is 11.6 Å². The average Bonchev–Trinajstić information content (AvgIpc) is 3.53. The minimum absolute atomic E-state index is 0.150. The van der Waals surface area contributed by atoms with Crippen molar-refractivity contribution in [3.8, 4) is 0 Å². The summed E-state index contributed by atoms with van der Waals surface area (Å²) in [5.74, 6) is 0.234. The Morgan fingerprint density at radius 2 is 1.72 bits per heavy atom. The lowest BCUT2D eigenvalue weighted by Crippen LogP contribution is -2.40. The van der Waals surface area contributed by atoms with Crippen LogP contribution in [0.5, 0.6) is 0 Å². The summed E-state index contributed by atoms with van der Waals surface area (Å²) in [6.45, 7) is 2.66. The zero-order valence-electron chi connectivity index (χ0n) is 16.4. The largest absolute Gasteiger partial charge is 0.353 e. The third-order valence-corrected chi connectivity index (χ3v) is 5.83. The van der Waals surface area contributed by atoms with Gasteiger partial charge in [0.2, 0.25) is 5.91 Å². The summed E-state index contributed by atoms with van der Waals surface area (Å²) < 4.78 is 0. The predicted molar refractivity (Wildman–Crippen MR) is 115 cm³/mol. The molecule has 0 aromatic heterocycles. The molecule has 1 saturated heterocycles. The molecule has 2 fully saturated rings. The Hall–Kier alpha value is -2.37. The highest BCUT2D eigenvalue weighted by Gasteiger charge is 2.29. The average molecular weight is 412 g/mol. The molecule has 1 aliphatic heterocycles. The highest BCUT2D eigenvalue weighted by atomic mass is 35.5. The monoisotopic (exact) mass is 411 g/mol. The fourth-order valence-electron chi connectivity index (χ4n) is 3.71. The van der Waals surface area contributed by atoms with E-state index in [2.05, 4.69) is 21.6 Å². The minimum Gasteiger partial charge on any atom is -0.353 e. The van der Waals surface area contributed by atoms with Gasteiger partial charge in [0.15, 0.2) is 0 Å². The molecule has 0 radical (unpaired) electrons. The lowest BCUT2D eigenvalue weighted by atomic mass is 9.95. The summed E-state index contributed by atoms with van der Waals surface area (Å²) >= 11 is 5.88. The van der Waals surface area contributed by atoms with E-state index in [4.69, 9.17) is 11.6 Å². The second kappa shape index (κ2) is 8.97. The molecule has 0 spiro atoms. The number of nitrogens with one attached hydrogen (secondary N) is 2. The smallest absolute Gasteiger partial charge is 0.255 e. The molecular weight excluding hydrogens is 386 g/mol. The van der Waals surface area contributed by atoms with Crippen molar-refractivity contribution in [1.29, 1.82) is 0 Å². The van der Waals surface area contributed by atoms with Crippen LogP contribution in [-0.4, -0.2) is 35.8 Å². The Morgan fingerprint density at radius 3 is 2.41 bits per heavy atom. The van der Waals surface area contributed by atoms with Gasteiger partial charge in [-0.25, -0.2) is 0 Å². The molecule has 6 heteroatoms. The van der Waals surface area contributed by atoms with Crippen LogP contribution in [0.15, 0.2) is 48.5 Å². The Kier molecular flexibility index (Phi) is 6.16. The standard InChI is InChI=1S/C23H26ClN3O2/c24-19-6-4-17(5-7-19)22(28)26-21-3-1-2-16(14-21)15-27-12-10-18(11-13-27)23(29)25-20-8-9-20/h1-7,14,18,20H,8-13,15H2,(H,25,29)(H,26,28). The van der Waals surface area contributed by atoms with E-state index in [1.807, 2.05) is 18.2 Å². The summed E-state index contributed by atoms with van der Waals surface area (Å²) in [4.78, 5) is 27.0. The van der Waals surface area contributed by atoms with Crippen LogP contribution < -0.4 is 10.6 Å². The number of carbonyl (C=O) groups excluding carboxylic acids is 2. The molecule has 0 unspecified atom stereocenters. The van der Waals surface area contributed by atoms with Crippen molar-refractivity contribution in [3.05, 3.63) is 64.7 Å². The zero-order valence-corrected chi connectivity index (χ0v) is 17.1. The van der Waals surface area contributed by atoms with Crippen LogP contribution in [0.25, 0.3) is 0 Å². The minimum atomic E-state index is -0.152. The lowest BCUT2D eigenvalue weighted by molar-refractivity contribution is -0.126. The van der Waals surface area contributed by atoms with Crippen LogP contribution in [0.1, 0.15) is 41.6 Å². The number of carbonyl (C=O) groups is 2. The predicted octanol–water partition coefficient (Wildman–Crippen LogP) is 4.08. The number of piperidine rings is 1. The number of nitrogens with zero attached hydrogens (tertiary/aromatic N) is 1. The highest BCUT2D eigenvalue weighted by molar-refractivity contribution is 6.30. The van der Waals surface area contributed by atoms with E-state index in [9.17, 15) is 9.59 Å². The van der Waals surface area contributed by atoms with Gasteiger partial charge in [-0.1, -0.05) is 23.7 Å². The Labute approximate surface area is 176 Å². The van der Waals surface area contributed by atoms with E-state index in [0.29, 0.717) is 16.6 Å². The summed E-state index contributed by atoms with van der Waals surface area (Å²) in [5.41, 5.74) is 2.51. The topological polar surface area (TPSA) is 61.4 Å². The maximum atomic E-state index is 12.4. The van der Waals surface area contributed by atoms with Gasteiger partial charge in [-0.3, -0.25) is 14.5 Å². The van der Waals surface area contributed by atoms with E-state index < -0.39 is 0 Å². The van der Waals surface area contributed by atoms with Crippen LogP contribution in [0.2, 0.25) is 5.02 Å². The molecule has 2 aliphatic rings. The van der Waals surface area contributed by atoms with Crippen molar-refractivity contribution in [1.82, 2.24) is 10.2 Å². The van der Waals surface area contributed by atoms with Crippen molar-refractivity contribution in [2.45, 2.75) is 38.3 Å². The van der Waals surface area contributed by atoms with E-state index in [1.54, 1.807) is 24.3 Å². The molecular formula is C23H26ClN3O2. The van der Waals surface area contributed by atoms with Gasteiger partial charge in [0, 0.05) is 34.8 Å². The molecule has 2 N–H and O–H groups in total. The molecule has 2 amide bonds. The van der Waals surface area contributed by atoms with Crippen molar-refractivity contribution in [3.63, 3.8) is 0 Å². The number of amides is 2. The van der Waals surface area contributed by atoms with Gasteiger partial charge in [-0.15, -0.1) is 0 Å². The molecule has 2 aromatic carbocycles. The van der Waals surface area contributed by atoms with E-state index in [-0.39, 0.29) is 17.7 Å². The number of hydrogen-bond donors (Lipinski definition) is 2. The molecule has 1 heterocycles. The second-order valence-corrected chi connectivity index (χ2v) is 8.43. The third kappa shape index (κ3) is 5.58. The molecule has 0 bridgehead atoms. The number of rotatable bonds is 6. The van der Waals surface area contributed by atoms with E-state index in [0.717, 1.165) is 56.6 Å². The molecule has 5 nitrogen and oxygen atoms in total. The Morgan fingerprint density at radius 1 is 1.00 bits per heavy atom. The van der Waals surface area contributed by atoms with Gasteiger partial charge < -0.3 is 10.6 Å². The van der Waals surface area contributed by atoms with Crippen LogP contribution in [0, 0.1) is 5.92 Å². The molecule has 1 aliphatic carbocycles. The van der Waals surface area contributed by atoms with Gasteiger partial charge in [-0.2, -0.15) is 0 Å².